The Labute approximate surface area is 131 Å². The van der Waals surface area contributed by atoms with Crippen LogP contribution >= 0.6 is 15.9 Å². The summed E-state index contributed by atoms with van der Waals surface area (Å²) < 4.78 is 1.15. The van der Waals surface area contributed by atoms with Gasteiger partial charge in [0.25, 0.3) is 0 Å². The van der Waals surface area contributed by atoms with Crippen LogP contribution in [-0.2, 0) is 0 Å². The minimum atomic E-state index is 0.283. The monoisotopic (exact) mass is 339 g/mol. The Morgan fingerprint density at radius 3 is 2.50 bits per heavy atom. The average Bonchev–Trinajstić information content (AvgIpc) is 2.36. The maximum Gasteiger partial charge on any atom is 0.0431 e. The summed E-state index contributed by atoms with van der Waals surface area (Å²) in [5, 5.41) is 12.6. The van der Waals surface area contributed by atoms with Crippen LogP contribution in [0.5, 0.6) is 0 Å². The first-order valence-corrected chi connectivity index (χ1v) is 8.39. The van der Waals surface area contributed by atoms with Gasteiger partial charge in [-0.25, -0.2) is 0 Å². The second-order valence-electron chi connectivity index (χ2n) is 6.79. The van der Waals surface area contributed by atoms with Crippen molar-refractivity contribution >= 4 is 15.9 Å². The van der Waals surface area contributed by atoms with Crippen molar-refractivity contribution in [2.45, 2.75) is 51.5 Å². The van der Waals surface area contributed by atoms with E-state index in [1.807, 2.05) is 0 Å². The lowest BCUT2D eigenvalue weighted by Gasteiger charge is -2.38. The van der Waals surface area contributed by atoms with Crippen LogP contribution in [0.3, 0.4) is 0 Å². The van der Waals surface area contributed by atoms with Crippen molar-refractivity contribution in [3.8, 4) is 0 Å². The summed E-state index contributed by atoms with van der Waals surface area (Å²) in [5.41, 5.74) is 1.75. The van der Waals surface area contributed by atoms with Gasteiger partial charge in [-0.1, -0.05) is 41.9 Å². The van der Waals surface area contributed by atoms with E-state index in [1.54, 1.807) is 0 Å². The Kier molecular flexibility index (Phi) is 5.65. The number of hydrogen-bond donors (Lipinski definition) is 2. The summed E-state index contributed by atoms with van der Waals surface area (Å²) in [6, 6.07) is 9.39. The molecule has 0 bridgehead atoms. The number of aliphatic hydroxyl groups excluding tert-OH is 1. The van der Waals surface area contributed by atoms with Crippen molar-refractivity contribution in [2.24, 2.45) is 5.41 Å². The Balaban J connectivity index is 1.70. The topological polar surface area (TPSA) is 32.3 Å². The molecule has 20 heavy (non-hydrogen) atoms. The van der Waals surface area contributed by atoms with Gasteiger partial charge in [-0.05, 0) is 54.7 Å². The number of rotatable bonds is 7. The zero-order valence-electron chi connectivity index (χ0n) is 12.5. The standard InChI is InChI=1S/C17H26BrNO/c1-17(2,8-3-9-20)12-19-16-10-14(11-16)13-4-6-15(18)7-5-13/h4-7,14,16,19-20H,3,8-12H2,1-2H3. The van der Waals surface area contributed by atoms with E-state index in [0.717, 1.165) is 29.8 Å². The summed E-state index contributed by atoms with van der Waals surface area (Å²) in [6.45, 7) is 5.91. The summed E-state index contributed by atoms with van der Waals surface area (Å²) in [4.78, 5) is 0. The van der Waals surface area contributed by atoms with Gasteiger partial charge in [0.15, 0.2) is 0 Å². The van der Waals surface area contributed by atoms with E-state index in [2.05, 4.69) is 59.4 Å². The molecule has 0 unspecified atom stereocenters. The van der Waals surface area contributed by atoms with Gasteiger partial charge in [-0.15, -0.1) is 0 Å². The molecular formula is C17H26BrNO. The van der Waals surface area contributed by atoms with Gasteiger partial charge in [-0.2, -0.15) is 0 Å². The van der Waals surface area contributed by atoms with Crippen LogP contribution < -0.4 is 5.32 Å². The molecule has 1 saturated carbocycles. The minimum Gasteiger partial charge on any atom is -0.396 e. The van der Waals surface area contributed by atoms with Gasteiger partial charge in [-0.3, -0.25) is 0 Å². The first kappa shape index (κ1) is 16.0. The van der Waals surface area contributed by atoms with E-state index in [-0.39, 0.29) is 5.41 Å². The number of benzene rings is 1. The van der Waals surface area contributed by atoms with Gasteiger partial charge in [0, 0.05) is 23.7 Å². The number of aliphatic hydroxyl groups is 1. The smallest absolute Gasteiger partial charge is 0.0431 e. The molecule has 0 atom stereocenters. The molecule has 2 rings (SSSR count). The molecule has 0 amide bonds. The van der Waals surface area contributed by atoms with Crippen LogP contribution in [0.15, 0.2) is 28.7 Å². The molecule has 1 aromatic carbocycles. The SMILES string of the molecule is CC(C)(CCCO)CNC1CC(c2ccc(Br)cc2)C1. The van der Waals surface area contributed by atoms with Crippen LogP contribution in [0.4, 0.5) is 0 Å². The number of halogens is 1. The van der Waals surface area contributed by atoms with Gasteiger partial charge in [0.1, 0.15) is 0 Å². The molecule has 0 radical (unpaired) electrons. The summed E-state index contributed by atoms with van der Waals surface area (Å²) >= 11 is 3.48. The maximum atomic E-state index is 8.92. The second-order valence-corrected chi connectivity index (χ2v) is 7.70. The summed E-state index contributed by atoms with van der Waals surface area (Å²) in [6.07, 6.45) is 4.48. The largest absolute Gasteiger partial charge is 0.396 e. The van der Waals surface area contributed by atoms with Crippen molar-refractivity contribution in [3.05, 3.63) is 34.3 Å². The lowest BCUT2D eigenvalue weighted by molar-refractivity contribution is 0.210. The number of hydrogen-bond acceptors (Lipinski definition) is 2. The van der Waals surface area contributed by atoms with Crippen molar-refractivity contribution < 1.29 is 5.11 Å². The molecule has 2 nitrogen and oxygen atoms in total. The van der Waals surface area contributed by atoms with Crippen LogP contribution in [0.1, 0.15) is 51.0 Å². The fourth-order valence-corrected chi connectivity index (χ4v) is 3.12. The predicted molar refractivity (Wildman–Crippen MR) is 88.0 cm³/mol. The molecule has 0 saturated heterocycles. The predicted octanol–water partition coefficient (Wildman–Crippen LogP) is 4.08. The molecule has 0 heterocycles. The van der Waals surface area contributed by atoms with Crippen molar-refractivity contribution in [2.75, 3.05) is 13.2 Å². The molecule has 1 aliphatic carbocycles. The molecule has 2 N–H and O–H groups in total. The van der Waals surface area contributed by atoms with E-state index in [9.17, 15) is 0 Å². The van der Waals surface area contributed by atoms with Crippen LogP contribution in [-0.4, -0.2) is 24.3 Å². The molecule has 0 aromatic heterocycles. The van der Waals surface area contributed by atoms with Gasteiger partial charge < -0.3 is 10.4 Å². The fraction of sp³-hybridized carbons (Fsp3) is 0.647. The highest BCUT2D eigenvalue weighted by Gasteiger charge is 2.31. The van der Waals surface area contributed by atoms with Crippen molar-refractivity contribution in [3.63, 3.8) is 0 Å². The zero-order chi connectivity index (χ0) is 14.6. The van der Waals surface area contributed by atoms with Crippen LogP contribution in [0, 0.1) is 5.41 Å². The van der Waals surface area contributed by atoms with Gasteiger partial charge >= 0.3 is 0 Å². The maximum absolute atomic E-state index is 8.92. The highest BCUT2D eigenvalue weighted by molar-refractivity contribution is 9.10. The van der Waals surface area contributed by atoms with Crippen molar-refractivity contribution in [1.29, 1.82) is 0 Å². The molecular weight excluding hydrogens is 314 g/mol. The van der Waals surface area contributed by atoms with E-state index in [1.165, 1.54) is 18.4 Å². The highest BCUT2D eigenvalue weighted by Crippen LogP contribution is 2.37. The van der Waals surface area contributed by atoms with E-state index in [4.69, 9.17) is 5.11 Å². The Morgan fingerprint density at radius 2 is 1.90 bits per heavy atom. The summed E-state index contributed by atoms with van der Waals surface area (Å²) in [7, 11) is 0. The minimum absolute atomic E-state index is 0.283. The molecule has 0 aliphatic heterocycles. The fourth-order valence-electron chi connectivity index (χ4n) is 2.86. The first-order chi connectivity index (χ1) is 9.50. The lowest BCUT2D eigenvalue weighted by Crippen LogP contribution is -2.44. The average molecular weight is 340 g/mol. The first-order valence-electron chi connectivity index (χ1n) is 7.60. The quantitative estimate of drug-likeness (QED) is 0.784. The van der Waals surface area contributed by atoms with Crippen LogP contribution in [0.25, 0.3) is 0 Å². The Bertz CT molecular complexity index is 410. The number of nitrogens with one attached hydrogen (secondary N) is 1. The van der Waals surface area contributed by atoms with Gasteiger partial charge in [0.05, 0.1) is 0 Å². The third-order valence-corrected chi connectivity index (χ3v) is 4.89. The summed E-state index contributed by atoms with van der Waals surface area (Å²) in [5.74, 6) is 0.723. The Morgan fingerprint density at radius 1 is 1.25 bits per heavy atom. The third kappa shape index (κ3) is 4.57. The normalized spacial score (nSPS) is 22.6. The van der Waals surface area contributed by atoms with Crippen molar-refractivity contribution in [1.82, 2.24) is 5.32 Å². The van der Waals surface area contributed by atoms with E-state index in [0.29, 0.717) is 12.6 Å². The van der Waals surface area contributed by atoms with Gasteiger partial charge in [0.2, 0.25) is 0 Å². The molecule has 112 valence electrons. The second kappa shape index (κ2) is 7.06. The lowest BCUT2D eigenvalue weighted by atomic mass is 9.75. The molecule has 1 aliphatic rings. The molecule has 3 heteroatoms. The van der Waals surface area contributed by atoms with Crippen LogP contribution in [0.2, 0.25) is 0 Å². The molecule has 1 aromatic rings. The van der Waals surface area contributed by atoms with E-state index >= 15 is 0 Å². The molecule has 1 fully saturated rings. The molecule has 0 spiro atoms. The zero-order valence-corrected chi connectivity index (χ0v) is 14.1. The third-order valence-electron chi connectivity index (χ3n) is 4.36. The highest BCUT2D eigenvalue weighted by atomic mass is 79.9. The van der Waals surface area contributed by atoms with E-state index < -0.39 is 0 Å². The Hall–Kier alpha value is -0.380.